The molecule has 7 heteroatoms. The van der Waals surface area contributed by atoms with Gasteiger partial charge in [0.15, 0.2) is 0 Å². The summed E-state index contributed by atoms with van der Waals surface area (Å²) >= 11 is 0. The molecule has 0 saturated carbocycles. The molecule has 4 aromatic rings. The first-order chi connectivity index (χ1) is 19.8. The molecule has 0 fully saturated rings. The highest BCUT2D eigenvalue weighted by Crippen LogP contribution is 2.38. The molecular formula is C34H39N3O4. The lowest BCUT2D eigenvalue weighted by Gasteiger charge is -2.35. The van der Waals surface area contributed by atoms with Gasteiger partial charge >= 0.3 is 0 Å². The number of aryl methyl sites for hydroxylation is 1. The van der Waals surface area contributed by atoms with Crippen LogP contribution in [0.1, 0.15) is 35.5 Å². The Labute approximate surface area is 242 Å². The van der Waals surface area contributed by atoms with Crippen LogP contribution in [0, 0.1) is 5.92 Å². The maximum Gasteiger partial charge on any atom is 0.271 e. The molecule has 0 unspecified atom stereocenters. The number of aliphatic hydroxyl groups is 1. The third-order valence-corrected chi connectivity index (χ3v) is 8.30. The standard InChI is InChI=1S/C34H39N3O4/c1-23-19-37(24(2)21-38)34(40)33-32(28-16-10-11-17-29(28)36(33)4)27-15-9-8-14-26(27)22-41-30(23)20-35(3)31(39)18-25-12-6-5-7-13-25/h5-17,23-24,30,38H,18-22H2,1-4H3/t23-,24+,30+/m0/s1. The number of amides is 2. The van der Waals surface area contributed by atoms with Gasteiger partial charge in [-0.05, 0) is 29.7 Å². The van der Waals surface area contributed by atoms with Gasteiger partial charge in [-0.2, -0.15) is 0 Å². The molecule has 1 aliphatic heterocycles. The molecule has 7 nitrogen and oxygen atoms in total. The third-order valence-electron chi connectivity index (χ3n) is 8.30. The van der Waals surface area contributed by atoms with Gasteiger partial charge in [0.2, 0.25) is 5.91 Å². The number of rotatable bonds is 6. The van der Waals surface area contributed by atoms with Crippen molar-refractivity contribution in [3.8, 4) is 11.1 Å². The Morgan fingerprint density at radius 1 is 1.05 bits per heavy atom. The second-order valence-electron chi connectivity index (χ2n) is 11.2. The van der Waals surface area contributed by atoms with Crippen molar-refractivity contribution in [2.45, 2.75) is 39.0 Å². The number of likely N-dealkylation sites (N-methyl/N-ethyl adjacent to an activating group) is 1. The Balaban J connectivity index is 1.55. The molecule has 1 aromatic heterocycles. The molecule has 0 aliphatic carbocycles. The predicted molar refractivity (Wildman–Crippen MR) is 161 cm³/mol. The molecule has 3 aromatic carbocycles. The Morgan fingerprint density at radius 3 is 2.49 bits per heavy atom. The zero-order valence-electron chi connectivity index (χ0n) is 24.3. The van der Waals surface area contributed by atoms with Crippen LogP contribution >= 0.6 is 0 Å². The number of hydrogen-bond donors (Lipinski definition) is 1. The van der Waals surface area contributed by atoms with Crippen LogP contribution in [-0.4, -0.2) is 70.2 Å². The minimum atomic E-state index is -0.398. The summed E-state index contributed by atoms with van der Waals surface area (Å²) in [5, 5.41) is 11.2. The maximum absolute atomic E-state index is 14.4. The first-order valence-corrected chi connectivity index (χ1v) is 14.3. The number of fused-ring (bicyclic) bond motifs is 5. The van der Waals surface area contributed by atoms with E-state index in [1.165, 1.54) is 0 Å². The lowest BCUT2D eigenvalue weighted by atomic mass is 9.96. The van der Waals surface area contributed by atoms with Gasteiger partial charge in [0.25, 0.3) is 5.91 Å². The summed E-state index contributed by atoms with van der Waals surface area (Å²) in [6.07, 6.45) is -0.0116. The van der Waals surface area contributed by atoms with Crippen molar-refractivity contribution in [1.82, 2.24) is 14.4 Å². The van der Waals surface area contributed by atoms with E-state index in [2.05, 4.69) is 13.0 Å². The van der Waals surface area contributed by atoms with Crippen molar-refractivity contribution in [3.63, 3.8) is 0 Å². The molecule has 214 valence electrons. The number of benzene rings is 3. The number of nitrogens with zero attached hydrogens (tertiary/aromatic N) is 3. The van der Waals surface area contributed by atoms with Crippen LogP contribution in [0.4, 0.5) is 0 Å². The highest BCUT2D eigenvalue weighted by Gasteiger charge is 2.33. The molecule has 1 N–H and O–H groups in total. The second-order valence-corrected chi connectivity index (χ2v) is 11.2. The zero-order valence-corrected chi connectivity index (χ0v) is 24.3. The van der Waals surface area contributed by atoms with Crippen LogP contribution in [0.25, 0.3) is 22.0 Å². The SMILES string of the molecule is C[C@H](CO)N1C[C@H](C)[C@@H](CN(C)C(=O)Cc2ccccc2)OCc2ccccc2-c2c(n(C)c3ccccc23)C1=O. The Bertz CT molecular complexity index is 1530. The monoisotopic (exact) mass is 553 g/mol. The topological polar surface area (TPSA) is 75.0 Å². The van der Waals surface area contributed by atoms with E-state index in [1.807, 2.05) is 98.4 Å². The third kappa shape index (κ3) is 5.78. The van der Waals surface area contributed by atoms with E-state index in [1.54, 1.807) is 9.80 Å². The molecule has 0 saturated heterocycles. The highest BCUT2D eigenvalue weighted by molar-refractivity contribution is 6.10. The van der Waals surface area contributed by atoms with Gasteiger partial charge in [-0.25, -0.2) is 0 Å². The summed E-state index contributed by atoms with van der Waals surface area (Å²) in [6, 6.07) is 25.4. The zero-order chi connectivity index (χ0) is 29.1. The van der Waals surface area contributed by atoms with Crippen LogP contribution in [-0.2, 0) is 29.6 Å². The van der Waals surface area contributed by atoms with Crippen molar-refractivity contribution in [1.29, 1.82) is 0 Å². The lowest BCUT2D eigenvalue weighted by molar-refractivity contribution is -0.132. The van der Waals surface area contributed by atoms with Crippen molar-refractivity contribution in [2.24, 2.45) is 13.0 Å². The summed E-state index contributed by atoms with van der Waals surface area (Å²) < 4.78 is 8.58. The van der Waals surface area contributed by atoms with Gasteiger partial charge in [0.05, 0.1) is 31.8 Å². The number of hydrogen-bond acceptors (Lipinski definition) is 4. The molecule has 0 spiro atoms. The number of carbonyl (C=O) groups excluding carboxylic acids is 2. The van der Waals surface area contributed by atoms with E-state index in [9.17, 15) is 14.7 Å². The summed E-state index contributed by atoms with van der Waals surface area (Å²) in [4.78, 5) is 31.1. The molecule has 2 amide bonds. The average Bonchev–Trinajstić information content (AvgIpc) is 3.28. The Morgan fingerprint density at radius 2 is 1.73 bits per heavy atom. The molecule has 2 heterocycles. The summed E-state index contributed by atoms with van der Waals surface area (Å²) in [6.45, 7) is 4.87. The molecular weight excluding hydrogens is 514 g/mol. The summed E-state index contributed by atoms with van der Waals surface area (Å²) in [7, 11) is 3.74. The van der Waals surface area contributed by atoms with Crippen LogP contribution in [0.15, 0.2) is 78.9 Å². The van der Waals surface area contributed by atoms with Gasteiger partial charge in [-0.1, -0.05) is 79.7 Å². The van der Waals surface area contributed by atoms with E-state index < -0.39 is 6.04 Å². The minimum Gasteiger partial charge on any atom is -0.394 e. The Hall–Kier alpha value is -3.94. The number of ether oxygens (including phenoxy) is 1. The van der Waals surface area contributed by atoms with Gasteiger partial charge in [0.1, 0.15) is 5.69 Å². The van der Waals surface area contributed by atoms with E-state index in [0.717, 1.165) is 33.2 Å². The lowest BCUT2D eigenvalue weighted by Crippen LogP contribution is -2.48. The Kier molecular flexibility index (Phi) is 8.57. The van der Waals surface area contributed by atoms with Crippen molar-refractivity contribution < 1.29 is 19.4 Å². The fourth-order valence-electron chi connectivity index (χ4n) is 5.80. The van der Waals surface area contributed by atoms with Gasteiger partial charge in [-0.3, -0.25) is 9.59 Å². The van der Waals surface area contributed by atoms with Crippen molar-refractivity contribution in [3.05, 3.63) is 95.7 Å². The number of carbonyl (C=O) groups is 2. The van der Waals surface area contributed by atoms with Gasteiger partial charge in [0, 0.05) is 49.6 Å². The molecule has 0 radical (unpaired) electrons. The number of aromatic nitrogens is 1. The van der Waals surface area contributed by atoms with Gasteiger partial charge in [-0.15, -0.1) is 0 Å². The average molecular weight is 554 g/mol. The molecule has 0 bridgehead atoms. The minimum absolute atomic E-state index is 0.0113. The van der Waals surface area contributed by atoms with Crippen LogP contribution in [0.3, 0.4) is 0 Å². The first kappa shape index (κ1) is 28.6. The maximum atomic E-state index is 14.4. The fraction of sp³-hybridized carbons (Fsp3) is 0.353. The quantitative estimate of drug-likeness (QED) is 0.369. The van der Waals surface area contributed by atoms with Crippen molar-refractivity contribution >= 4 is 22.7 Å². The molecule has 41 heavy (non-hydrogen) atoms. The number of para-hydroxylation sites is 1. The molecule has 1 aliphatic rings. The smallest absolute Gasteiger partial charge is 0.271 e. The largest absolute Gasteiger partial charge is 0.394 e. The fourth-order valence-corrected chi connectivity index (χ4v) is 5.80. The summed E-state index contributed by atoms with van der Waals surface area (Å²) in [5.74, 6) is -0.225. The molecule has 5 rings (SSSR count). The predicted octanol–water partition coefficient (Wildman–Crippen LogP) is 4.90. The first-order valence-electron chi connectivity index (χ1n) is 14.3. The molecule has 3 atom stereocenters. The van der Waals surface area contributed by atoms with Crippen molar-refractivity contribution in [2.75, 3.05) is 26.7 Å². The second kappa shape index (κ2) is 12.3. The van der Waals surface area contributed by atoms with E-state index in [4.69, 9.17) is 4.74 Å². The highest BCUT2D eigenvalue weighted by atomic mass is 16.5. The normalized spacial score (nSPS) is 18.4. The van der Waals surface area contributed by atoms with Gasteiger partial charge < -0.3 is 24.2 Å². The van der Waals surface area contributed by atoms with Crippen LogP contribution < -0.4 is 0 Å². The number of aliphatic hydroxyl groups excluding tert-OH is 1. The van der Waals surface area contributed by atoms with E-state index >= 15 is 0 Å². The van der Waals surface area contributed by atoms with E-state index in [0.29, 0.717) is 31.8 Å². The van der Waals surface area contributed by atoms with Crippen LogP contribution in [0.2, 0.25) is 0 Å². The van der Waals surface area contributed by atoms with E-state index in [-0.39, 0.29) is 30.4 Å². The van der Waals surface area contributed by atoms with Crippen LogP contribution in [0.5, 0.6) is 0 Å². The summed E-state index contributed by atoms with van der Waals surface area (Å²) in [5.41, 5.74) is 5.35.